The van der Waals surface area contributed by atoms with Crippen molar-refractivity contribution in [1.82, 2.24) is 0 Å². The molecular weight excluding hydrogens is 980 g/mol. The summed E-state index contributed by atoms with van der Waals surface area (Å²) in [5, 5.41) is -47.1. The SMILES string of the molecule is O=S(=O)(F)C(F)(F)C(F)(F)OC(F)(C(F)(F)F)C(F)(F)C(F)(Cl)C(F)(Cl)OC(F)(Cl)C(F)(Cl)C(F)(F)C(F)(OC(F)(F)C(F)(F)S(=O)(=O)F)C(F)(F)F. The number of rotatable bonds is 16. The zero-order valence-corrected chi connectivity index (χ0v) is 26.7. The molecule has 6 atom stereocenters. The molecule has 0 fully saturated rings. The summed E-state index contributed by atoms with van der Waals surface area (Å²) in [6.07, 6.45) is -33.5. The summed E-state index contributed by atoms with van der Waals surface area (Å²) >= 11 is 15.1. The summed E-state index contributed by atoms with van der Waals surface area (Å²) in [5.41, 5.74) is 0. The van der Waals surface area contributed by atoms with Crippen LogP contribution in [-0.4, -0.2) is 96.4 Å². The van der Waals surface area contributed by atoms with Crippen LogP contribution in [-0.2, 0) is 34.7 Å². The molecule has 0 bridgehead atoms. The van der Waals surface area contributed by atoms with E-state index in [1.54, 1.807) is 0 Å². The maximum atomic E-state index is 14.7. The molecule has 0 saturated carbocycles. The van der Waals surface area contributed by atoms with Crippen molar-refractivity contribution in [3.05, 3.63) is 0 Å². The summed E-state index contributed by atoms with van der Waals surface area (Å²) < 4.78 is 400. The van der Waals surface area contributed by atoms with Gasteiger partial charge in [-0.05, 0) is 23.2 Å². The van der Waals surface area contributed by atoms with E-state index in [1.165, 1.54) is 9.47 Å². The molecule has 7 nitrogen and oxygen atoms in total. The normalized spacial score (nSPS) is 22.5. The molecule has 0 radical (unpaired) electrons. The van der Waals surface area contributed by atoms with Gasteiger partial charge in [0.05, 0.1) is 0 Å². The molecule has 0 aliphatic carbocycles. The standard InChI is InChI=1S/C14Cl4F26O7S2/c15-1(19,3(21,22)5(25,9(29,30)31)49-11(35,36)13(39,40)52(43,45)46)7(17,27)51-8(18,28)2(16,20)4(23,24)6(26,10(32,33)34)50-12(37,38)14(41,42)53(44,47)48. The summed E-state index contributed by atoms with van der Waals surface area (Å²) in [6.45, 7) is 0. The number of alkyl halides is 28. The summed E-state index contributed by atoms with van der Waals surface area (Å²) in [6, 6.07) is 0. The van der Waals surface area contributed by atoms with Gasteiger partial charge in [-0.15, -0.1) is 0 Å². The van der Waals surface area contributed by atoms with Crippen molar-refractivity contribution in [2.75, 3.05) is 0 Å². The molecule has 0 aliphatic heterocycles. The zero-order valence-electron chi connectivity index (χ0n) is 22.0. The molecule has 39 heteroatoms. The van der Waals surface area contributed by atoms with Gasteiger partial charge in [-0.25, -0.2) is 8.78 Å². The number of ether oxygens (including phenoxy) is 3. The van der Waals surface area contributed by atoms with Crippen molar-refractivity contribution < 1.29 is 144 Å². The molecule has 0 aromatic heterocycles. The highest BCUT2D eigenvalue weighted by Crippen LogP contribution is 2.66. The van der Waals surface area contributed by atoms with Crippen LogP contribution in [0.3, 0.4) is 0 Å². The van der Waals surface area contributed by atoms with Crippen LogP contribution in [0.2, 0.25) is 0 Å². The lowest BCUT2D eigenvalue weighted by molar-refractivity contribution is -0.495. The highest BCUT2D eigenvalue weighted by molar-refractivity contribution is 7.87. The predicted molar refractivity (Wildman–Crippen MR) is 112 cm³/mol. The van der Waals surface area contributed by atoms with Crippen LogP contribution in [0.4, 0.5) is 113 Å². The lowest BCUT2D eigenvalue weighted by atomic mass is 10.0. The maximum Gasteiger partial charge on any atom is 0.464 e. The van der Waals surface area contributed by atoms with Gasteiger partial charge in [-0.3, -0.25) is 14.2 Å². The van der Waals surface area contributed by atoms with Gasteiger partial charge in [0.2, 0.25) is 0 Å². The lowest BCUT2D eigenvalue weighted by Crippen LogP contribution is -2.74. The van der Waals surface area contributed by atoms with Crippen molar-refractivity contribution in [1.29, 1.82) is 0 Å². The number of halogens is 30. The van der Waals surface area contributed by atoms with Crippen molar-refractivity contribution in [2.45, 2.75) is 79.5 Å². The monoisotopic (exact) mass is 978 g/mol. The lowest BCUT2D eigenvalue weighted by Gasteiger charge is -2.46. The van der Waals surface area contributed by atoms with Crippen LogP contribution < -0.4 is 0 Å². The first-order chi connectivity index (χ1) is 22.1. The molecular formula is C14Cl4F26O7S2. The second-order valence-corrected chi connectivity index (χ2v) is 13.6. The Bertz CT molecular complexity index is 1480. The topological polar surface area (TPSA) is 96.0 Å². The molecule has 53 heavy (non-hydrogen) atoms. The molecule has 0 N–H and O–H groups in total. The Labute approximate surface area is 290 Å². The molecule has 0 saturated heterocycles. The molecule has 0 amide bonds. The fourth-order valence-electron chi connectivity index (χ4n) is 2.41. The minimum atomic E-state index is -8.78. The summed E-state index contributed by atoms with van der Waals surface area (Å²) in [4.78, 5) is 0. The first kappa shape index (κ1) is 52.1. The van der Waals surface area contributed by atoms with Crippen molar-refractivity contribution in [2.24, 2.45) is 0 Å². The van der Waals surface area contributed by atoms with E-state index in [0.29, 0.717) is 0 Å². The van der Waals surface area contributed by atoms with Crippen LogP contribution in [0, 0.1) is 0 Å². The van der Waals surface area contributed by atoms with Crippen molar-refractivity contribution in [3.8, 4) is 0 Å². The van der Waals surface area contributed by atoms with Gasteiger partial charge in [-0.2, -0.15) is 113 Å². The third-order valence-corrected chi connectivity index (χ3v) is 8.67. The third-order valence-electron chi connectivity index (χ3n) is 5.14. The smallest absolute Gasteiger partial charge is 0.275 e. The van der Waals surface area contributed by atoms with E-state index in [-0.39, 0.29) is 0 Å². The highest BCUT2D eigenvalue weighted by atomic mass is 35.5. The van der Waals surface area contributed by atoms with Crippen LogP contribution in [0.25, 0.3) is 0 Å². The molecule has 0 heterocycles. The summed E-state index contributed by atoms with van der Waals surface area (Å²) in [7, 11) is -17.0. The maximum absolute atomic E-state index is 14.7. The van der Waals surface area contributed by atoms with Gasteiger partial charge in [0.15, 0.2) is 0 Å². The Morgan fingerprint density at radius 3 is 0.698 bits per heavy atom. The number of hydrogen-bond donors (Lipinski definition) is 0. The Morgan fingerprint density at radius 2 is 0.547 bits per heavy atom. The van der Waals surface area contributed by atoms with E-state index in [2.05, 4.69) is 46.4 Å². The zero-order chi connectivity index (χ0) is 44.1. The molecule has 0 rings (SSSR count). The average molecular weight is 980 g/mol. The van der Waals surface area contributed by atoms with Crippen LogP contribution in [0.1, 0.15) is 0 Å². The van der Waals surface area contributed by atoms with Gasteiger partial charge in [0.25, 0.3) is 0 Å². The first-order valence-electron chi connectivity index (χ1n) is 10.4. The van der Waals surface area contributed by atoms with E-state index in [9.17, 15) is 130 Å². The van der Waals surface area contributed by atoms with E-state index in [4.69, 9.17) is 0 Å². The minimum Gasteiger partial charge on any atom is -0.275 e. The first-order valence-corrected chi connectivity index (χ1v) is 14.7. The molecule has 6 unspecified atom stereocenters. The second kappa shape index (κ2) is 13.3. The molecule has 0 aromatic rings. The van der Waals surface area contributed by atoms with Gasteiger partial charge >= 0.3 is 100.0 Å². The Kier molecular flexibility index (Phi) is 13.1. The van der Waals surface area contributed by atoms with Gasteiger partial charge in [-0.1, -0.05) is 31.0 Å². The van der Waals surface area contributed by atoms with Crippen molar-refractivity contribution >= 4 is 66.9 Å². The number of hydrogen-bond acceptors (Lipinski definition) is 7. The van der Waals surface area contributed by atoms with Crippen molar-refractivity contribution in [3.63, 3.8) is 0 Å². The van der Waals surface area contributed by atoms with Gasteiger partial charge in [0, 0.05) is 0 Å². The van der Waals surface area contributed by atoms with Crippen LogP contribution >= 0.6 is 46.4 Å². The highest BCUT2D eigenvalue weighted by Gasteiger charge is 2.92. The Balaban J connectivity index is 7.61. The minimum absolute atomic E-state index is 1.17. The summed E-state index contributed by atoms with van der Waals surface area (Å²) in [5.74, 6) is -35.0. The molecule has 320 valence electrons. The average Bonchev–Trinajstić information content (AvgIpc) is 2.83. The Morgan fingerprint density at radius 1 is 0.358 bits per heavy atom. The van der Waals surface area contributed by atoms with E-state index < -0.39 is 100.0 Å². The molecule has 0 aliphatic rings. The predicted octanol–water partition coefficient (Wildman–Crippen LogP) is 9.27. The quantitative estimate of drug-likeness (QED) is 0.0865. The largest absolute Gasteiger partial charge is 0.464 e. The molecule has 0 spiro atoms. The molecule has 0 aromatic carbocycles. The van der Waals surface area contributed by atoms with Gasteiger partial charge in [0.1, 0.15) is 0 Å². The van der Waals surface area contributed by atoms with E-state index in [1.807, 2.05) is 4.74 Å². The van der Waals surface area contributed by atoms with Gasteiger partial charge < -0.3 is 0 Å². The van der Waals surface area contributed by atoms with E-state index in [0.717, 1.165) is 0 Å². The van der Waals surface area contributed by atoms with E-state index >= 15 is 0 Å². The van der Waals surface area contributed by atoms with Crippen LogP contribution in [0.5, 0.6) is 0 Å². The second-order valence-electron chi connectivity index (χ2n) is 8.77. The fourth-order valence-corrected chi connectivity index (χ4v) is 3.88. The Hall–Kier alpha value is -0.880. The third kappa shape index (κ3) is 7.88. The fraction of sp³-hybridized carbons (Fsp3) is 1.00. The van der Waals surface area contributed by atoms with Crippen LogP contribution in [0.15, 0.2) is 0 Å².